The van der Waals surface area contributed by atoms with Gasteiger partial charge in [0.15, 0.2) is 0 Å². The average molecular weight is 198 g/mol. The topological polar surface area (TPSA) is 20.2 Å². The van der Waals surface area contributed by atoms with Gasteiger partial charge in [-0.2, -0.15) is 0 Å². The van der Waals surface area contributed by atoms with Gasteiger partial charge >= 0.3 is 0 Å². The van der Waals surface area contributed by atoms with Gasteiger partial charge in [0.2, 0.25) is 0 Å². The minimum Gasteiger partial charge on any atom is -0.384 e. The molecule has 0 bridgehead atoms. The van der Waals surface area contributed by atoms with Gasteiger partial charge in [-0.25, -0.2) is 0 Å². The monoisotopic (exact) mass is 198 g/mol. The summed E-state index contributed by atoms with van der Waals surface area (Å²) in [6.45, 7) is 8.27. The zero-order valence-electron chi connectivity index (χ0n) is 8.79. The van der Waals surface area contributed by atoms with Gasteiger partial charge in [0.05, 0.1) is 0 Å². The molecule has 0 saturated heterocycles. The Labute approximate surface area is 84.4 Å². The van der Waals surface area contributed by atoms with Crippen molar-refractivity contribution in [1.82, 2.24) is 0 Å². The van der Waals surface area contributed by atoms with Crippen LogP contribution < -0.4 is 0 Å². The van der Waals surface area contributed by atoms with E-state index in [1.807, 2.05) is 24.4 Å². The van der Waals surface area contributed by atoms with E-state index in [0.717, 1.165) is 11.3 Å². The third-order valence-corrected chi connectivity index (χ3v) is 3.70. The summed E-state index contributed by atoms with van der Waals surface area (Å²) in [5.41, 5.74) is -0.784. The second-order valence-corrected chi connectivity index (χ2v) is 5.39. The molecule has 0 fully saturated rings. The summed E-state index contributed by atoms with van der Waals surface area (Å²) in [7, 11) is 0. The highest BCUT2D eigenvalue weighted by Gasteiger charge is 2.40. The average Bonchev–Trinajstić information content (AvgIpc) is 2.52. The maximum absolute atomic E-state index is 10.5. The molecule has 0 aliphatic heterocycles. The molecule has 1 unspecified atom stereocenters. The molecule has 1 N–H and O–H groups in total. The van der Waals surface area contributed by atoms with Gasteiger partial charge in [0.1, 0.15) is 5.60 Å². The van der Waals surface area contributed by atoms with Crippen LogP contribution in [0.4, 0.5) is 0 Å². The predicted octanol–water partition coefficient (Wildman–Crippen LogP) is 3.39. The molecule has 0 amide bonds. The number of hydrogen-bond acceptors (Lipinski definition) is 2. The first-order valence-corrected chi connectivity index (χ1v) is 5.56. The van der Waals surface area contributed by atoms with Crippen molar-refractivity contribution < 1.29 is 5.11 Å². The van der Waals surface area contributed by atoms with Crippen molar-refractivity contribution >= 4 is 11.3 Å². The predicted molar refractivity (Wildman–Crippen MR) is 58.0 cm³/mol. The first-order chi connectivity index (χ1) is 5.92. The van der Waals surface area contributed by atoms with E-state index < -0.39 is 5.60 Å². The lowest BCUT2D eigenvalue weighted by molar-refractivity contribution is -0.0643. The maximum Gasteiger partial charge on any atom is 0.103 e. The second kappa shape index (κ2) is 3.43. The van der Waals surface area contributed by atoms with Crippen molar-refractivity contribution in [2.45, 2.75) is 39.7 Å². The van der Waals surface area contributed by atoms with E-state index in [2.05, 4.69) is 20.8 Å². The first-order valence-electron chi connectivity index (χ1n) is 4.68. The smallest absolute Gasteiger partial charge is 0.103 e. The summed E-state index contributed by atoms with van der Waals surface area (Å²) < 4.78 is 0. The van der Waals surface area contributed by atoms with Crippen LogP contribution in [-0.2, 0) is 5.60 Å². The minimum atomic E-state index is -0.679. The Morgan fingerprint density at radius 1 is 1.38 bits per heavy atom. The molecule has 2 heteroatoms. The van der Waals surface area contributed by atoms with Gasteiger partial charge in [-0.1, -0.05) is 33.8 Å². The summed E-state index contributed by atoms with van der Waals surface area (Å²) in [5, 5.41) is 12.5. The quantitative estimate of drug-likeness (QED) is 0.772. The van der Waals surface area contributed by atoms with Gasteiger partial charge in [-0.05, 0) is 23.3 Å². The standard InChI is InChI=1S/C11H18OS/c1-5-11(12,10(2,3)4)9-7-6-8-13-9/h6-8,12H,5H2,1-4H3. The number of hydrogen-bond donors (Lipinski definition) is 1. The van der Waals surface area contributed by atoms with Crippen LogP contribution in [0.2, 0.25) is 0 Å². The zero-order valence-corrected chi connectivity index (χ0v) is 9.61. The summed E-state index contributed by atoms with van der Waals surface area (Å²) in [5.74, 6) is 0. The van der Waals surface area contributed by atoms with Crippen LogP contribution in [0.25, 0.3) is 0 Å². The van der Waals surface area contributed by atoms with E-state index in [-0.39, 0.29) is 5.41 Å². The SMILES string of the molecule is CCC(O)(c1cccs1)C(C)(C)C. The van der Waals surface area contributed by atoms with E-state index in [9.17, 15) is 5.11 Å². The van der Waals surface area contributed by atoms with E-state index in [1.54, 1.807) is 11.3 Å². The maximum atomic E-state index is 10.5. The molecule has 74 valence electrons. The number of rotatable bonds is 2. The third-order valence-electron chi connectivity index (χ3n) is 2.68. The molecule has 13 heavy (non-hydrogen) atoms. The fraction of sp³-hybridized carbons (Fsp3) is 0.636. The van der Waals surface area contributed by atoms with Crippen molar-refractivity contribution in [3.05, 3.63) is 22.4 Å². The van der Waals surface area contributed by atoms with Crippen LogP contribution in [0.1, 0.15) is 39.0 Å². The van der Waals surface area contributed by atoms with Crippen LogP contribution in [0, 0.1) is 5.41 Å². The van der Waals surface area contributed by atoms with Crippen molar-refractivity contribution in [2.24, 2.45) is 5.41 Å². The van der Waals surface area contributed by atoms with Gasteiger partial charge in [0.25, 0.3) is 0 Å². The van der Waals surface area contributed by atoms with Crippen LogP contribution in [-0.4, -0.2) is 5.11 Å². The highest BCUT2D eigenvalue weighted by Crippen LogP contribution is 2.43. The summed E-state index contributed by atoms with van der Waals surface area (Å²) >= 11 is 1.63. The van der Waals surface area contributed by atoms with Crippen LogP contribution in [0.3, 0.4) is 0 Å². The molecule has 1 heterocycles. The van der Waals surface area contributed by atoms with Gasteiger partial charge in [0, 0.05) is 4.88 Å². The highest BCUT2D eigenvalue weighted by atomic mass is 32.1. The lowest BCUT2D eigenvalue weighted by atomic mass is 9.74. The lowest BCUT2D eigenvalue weighted by Crippen LogP contribution is -2.38. The van der Waals surface area contributed by atoms with Crippen LogP contribution >= 0.6 is 11.3 Å². The molecule has 1 nitrogen and oxygen atoms in total. The highest BCUT2D eigenvalue weighted by molar-refractivity contribution is 7.10. The molecule has 0 aliphatic carbocycles. The largest absolute Gasteiger partial charge is 0.384 e. The Kier molecular flexibility index (Phi) is 2.83. The molecule has 0 radical (unpaired) electrons. The molecular weight excluding hydrogens is 180 g/mol. The molecule has 1 atom stereocenters. The molecule has 1 aromatic heterocycles. The summed E-state index contributed by atoms with van der Waals surface area (Å²) in [4.78, 5) is 1.07. The zero-order chi connectivity index (χ0) is 10.1. The number of aliphatic hydroxyl groups is 1. The van der Waals surface area contributed by atoms with E-state index in [1.165, 1.54) is 0 Å². The number of thiophene rings is 1. The van der Waals surface area contributed by atoms with E-state index in [0.29, 0.717) is 0 Å². The lowest BCUT2D eigenvalue weighted by Gasteiger charge is -2.39. The Morgan fingerprint density at radius 3 is 2.31 bits per heavy atom. The van der Waals surface area contributed by atoms with Crippen molar-refractivity contribution in [3.63, 3.8) is 0 Å². The Bertz CT molecular complexity index is 258. The van der Waals surface area contributed by atoms with Crippen LogP contribution in [0.15, 0.2) is 17.5 Å². The molecule has 0 aliphatic rings. The first kappa shape index (κ1) is 10.7. The van der Waals surface area contributed by atoms with Gasteiger partial charge in [-0.15, -0.1) is 11.3 Å². The fourth-order valence-electron chi connectivity index (χ4n) is 1.59. The third kappa shape index (κ3) is 1.79. The minimum absolute atomic E-state index is 0.105. The van der Waals surface area contributed by atoms with Crippen molar-refractivity contribution in [2.75, 3.05) is 0 Å². The normalized spacial score (nSPS) is 17.0. The fourth-order valence-corrected chi connectivity index (χ4v) is 2.69. The molecule has 0 spiro atoms. The van der Waals surface area contributed by atoms with Crippen molar-refractivity contribution in [3.8, 4) is 0 Å². The summed E-state index contributed by atoms with van der Waals surface area (Å²) in [6.07, 6.45) is 0.761. The Hall–Kier alpha value is -0.340. The molecule has 1 rings (SSSR count). The van der Waals surface area contributed by atoms with Gasteiger partial charge < -0.3 is 5.11 Å². The summed E-state index contributed by atoms with van der Waals surface area (Å²) in [6, 6.07) is 4.01. The molecule has 0 saturated carbocycles. The van der Waals surface area contributed by atoms with Gasteiger partial charge in [-0.3, -0.25) is 0 Å². The Morgan fingerprint density at radius 2 is 2.00 bits per heavy atom. The Balaban J connectivity index is 3.09. The van der Waals surface area contributed by atoms with E-state index in [4.69, 9.17) is 0 Å². The van der Waals surface area contributed by atoms with Crippen molar-refractivity contribution in [1.29, 1.82) is 0 Å². The molecule has 1 aromatic rings. The van der Waals surface area contributed by atoms with E-state index >= 15 is 0 Å². The van der Waals surface area contributed by atoms with Crippen LogP contribution in [0.5, 0.6) is 0 Å². The second-order valence-electron chi connectivity index (χ2n) is 4.44. The molecular formula is C11H18OS. The molecule has 0 aromatic carbocycles.